The topological polar surface area (TPSA) is 46.3 Å². The molecule has 0 aromatic carbocycles. The smallest absolute Gasteiger partial charge is 0.245 e. The van der Waals surface area contributed by atoms with Crippen molar-refractivity contribution in [2.24, 2.45) is 11.7 Å². The molecule has 1 amide bonds. The van der Waals surface area contributed by atoms with E-state index in [0.29, 0.717) is 6.54 Å². The molecule has 0 rings (SSSR count). The number of hydrogen-bond acceptors (Lipinski definition) is 2. The van der Waals surface area contributed by atoms with Gasteiger partial charge in [0.15, 0.2) is 0 Å². The Bertz CT molecular complexity index is 176. The maximum Gasteiger partial charge on any atom is 0.245 e. The summed E-state index contributed by atoms with van der Waals surface area (Å²) in [6.45, 7) is 15.1. The SMILES string of the molecule is CC.CC.CCCC(C)C.CN(C)C(=O)/C=C/CN. The Balaban J connectivity index is -0.0000000977. The lowest BCUT2D eigenvalue weighted by Gasteiger charge is -2.04. The Morgan fingerprint density at radius 3 is 1.74 bits per heavy atom. The quantitative estimate of drug-likeness (QED) is 0.785. The highest BCUT2D eigenvalue weighted by molar-refractivity contribution is 5.87. The van der Waals surface area contributed by atoms with Crippen LogP contribution < -0.4 is 5.73 Å². The van der Waals surface area contributed by atoms with E-state index in [1.54, 1.807) is 20.2 Å². The Morgan fingerprint density at radius 1 is 1.16 bits per heavy atom. The number of carbonyl (C=O) groups excluding carboxylic acids is 1. The molecule has 0 saturated heterocycles. The number of likely N-dealkylation sites (N-methyl/N-ethyl adjacent to an activating group) is 1. The van der Waals surface area contributed by atoms with E-state index in [4.69, 9.17) is 5.73 Å². The normalized spacial score (nSPS) is 8.58. The Kier molecular flexibility index (Phi) is 36.3. The van der Waals surface area contributed by atoms with Gasteiger partial charge in [0.2, 0.25) is 5.91 Å². The number of hydrogen-bond donors (Lipinski definition) is 1. The van der Waals surface area contributed by atoms with Gasteiger partial charge in [-0.3, -0.25) is 4.79 Å². The van der Waals surface area contributed by atoms with Gasteiger partial charge < -0.3 is 10.6 Å². The zero-order chi connectivity index (χ0) is 16.3. The predicted octanol–water partition coefficient (Wildman–Crippen LogP) is 4.08. The van der Waals surface area contributed by atoms with Crippen LogP contribution in [0.2, 0.25) is 0 Å². The molecule has 118 valence electrons. The monoisotopic (exact) mass is 274 g/mol. The largest absolute Gasteiger partial charge is 0.345 e. The van der Waals surface area contributed by atoms with Crippen LogP contribution in [-0.4, -0.2) is 31.4 Å². The maximum atomic E-state index is 10.7. The van der Waals surface area contributed by atoms with E-state index in [1.165, 1.54) is 23.8 Å². The van der Waals surface area contributed by atoms with Gasteiger partial charge in [-0.25, -0.2) is 0 Å². The van der Waals surface area contributed by atoms with Crippen LogP contribution in [0, 0.1) is 5.92 Å². The van der Waals surface area contributed by atoms with E-state index in [0.717, 1.165) is 5.92 Å². The van der Waals surface area contributed by atoms with E-state index in [1.807, 2.05) is 27.7 Å². The van der Waals surface area contributed by atoms with Gasteiger partial charge in [-0.1, -0.05) is 67.4 Å². The van der Waals surface area contributed by atoms with E-state index < -0.39 is 0 Å². The first-order valence-corrected chi connectivity index (χ1v) is 7.53. The Hall–Kier alpha value is -0.830. The molecule has 0 atom stereocenters. The predicted molar refractivity (Wildman–Crippen MR) is 89.3 cm³/mol. The summed E-state index contributed by atoms with van der Waals surface area (Å²) in [7, 11) is 3.40. The third kappa shape index (κ3) is 38.2. The lowest BCUT2D eigenvalue weighted by Crippen LogP contribution is -2.19. The zero-order valence-electron chi connectivity index (χ0n) is 14.8. The van der Waals surface area contributed by atoms with Gasteiger partial charge in [0.25, 0.3) is 0 Å². The highest BCUT2D eigenvalue weighted by Gasteiger charge is 1.93. The van der Waals surface area contributed by atoms with Gasteiger partial charge in [-0.05, 0) is 5.92 Å². The number of rotatable bonds is 4. The fourth-order valence-corrected chi connectivity index (χ4v) is 0.895. The summed E-state index contributed by atoms with van der Waals surface area (Å²) >= 11 is 0. The Labute approximate surface area is 122 Å². The fraction of sp³-hybridized carbons (Fsp3) is 0.812. The minimum atomic E-state index is -0.0274. The van der Waals surface area contributed by atoms with Crippen molar-refractivity contribution in [1.29, 1.82) is 0 Å². The highest BCUT2D eigenvalue weighted by Crippen LogP contribution is 2.00. The van der Waals surface area contributed by atoms with Crippen LogP contribution in [-0.2, 0) is 4.79 Å². The molecule has 19 heavy (non-hydrogen) atoms. The van der Waals surface area contributed by atoms with Crippen molar-refractivity contribution >= 4 is 5.91 Å². The van der Waals surface area contributed by atoms with E-state index in [9.17, 15) is 4.79 Å². The van der Waals surface area contributed by atoms with Crippen LogP contribution in [0.1, 0.15) is 61.3 Å². The molecule has 3 heteroatoms. The average molecular weight is 274 g/mol. The number of nitrogens with two attached hydrogens (primary N) is 1. The van der Waals surface area contributed by atoms with Gasteiger partial charge in [-0.15, -0.1) is 0 Å². The van der Waals surface area contributed by atoms with Crippen LogP contribution in [0.3, 0.4) is 0 Å². The van der Waals surface area contributed by atoms with E-state index in [-0.39, 0.29) is 5.91 Å². The molecule has 0 spiro atoms. The first kappa shape index (κ1) is 26.7. The van der Waals surface area contributed by atoms with Gasteiger partial charge in [0.05, 0.1) is 0 Å². The van der Waals surface area contributed by atoms with Crippen LogP contribution in [0.4, 0.5) is 0 Å². The summed E-state index contributed by atoms with van der Waals surface area (Å²) in [5.41, 5.74) is 5.12. The maximum absolute atomic E-state index is 10.7. The summed E-state index contributed by atoms with van der Waals surface area (Å²) < 4.78 is 0. The fourth-order valence-electron chi connectivity index (χ4n) is 0.895. The van der Waals surface area contributed by atoms with Gasteiger partial charge in [0.1, 0.15) is 0 Å². The first-order chi connectivity index (χ1) is 8.95. The third-order valence-corrected chi connectivity index (χ3v) is 1.70. The molecular weight excluding hydrogens is 236 g/mol. The second-order valence-corrected chi connectivity index (χ2v) is 4.05. The minimum Gasteiger partial charge on any atom is -0.345 e. The molecule has 0 aromatic rings. The molecule has 2 N–H and O–H groups in total. The number of nitrogens with zero attached hydrogens (tertiary/aromatic N) is 1. The Morgan fingerprint density at radius 2 is 1.58 bits per heavy atom. The highest BCUT2D eigenvalue weighted by atomic mass is 16.2. The van der Waals surface area contributed by atoms with E-state index >= 15 is 0 Å². The minimum absolute atomic E-state index is 0.0274. The van der Waals surface area contributed by atoms with Crippen molar-refractivity contribution in [2.75, 3.05) is 20.6 Å². The average Bonchev–Trinajstić information content (AvgIpc) is 2.41. The standard InChI is InChI=1S/C6H12N2O.C6H14.2C2H6/c1-8(2)6(9)4-3-5-7;1-4-5-6(2)3;2*1-2/h3-4H,5,7H2,1-2H3;6H,4-5H2,1-3H3;2*1-2H3/b4-3+;;;. The molecular formula is C16H38N2O. The van der Waals surface area contributed by atoms with Crippen LogP contribution in [0.25, 0.3) is 0 Å². The van der Waals surface area contributed by atoms with Crippen molar-refractivity contribution in [3.05, 3.63) is 12.2 Å². The number of carbonyl (C=O) groups is 1. The van der Waals surface area contributed by atoms with Crippen LogP contribution in [0.5, 0.6) is 0 Å². The molecule has 0 heterocycles. The van der Waals surface area contributed by atoms with Crippen molar-refractivity contribution in [3.8, 4) is 0 Å². The summed E-state index contributed by atoms with van der Waals surface area (Å²) in [6.07, 6.45) is 5.79. The van der Waals surface area contributed by atoms with Crippen molar-refractivity contribution in [3.63, 3.8) is 0 Å². The second kappa shape index (κ2) is 25.9. The molecule has 0 radical (unpaired) electrons. The first-order valence-electron chi connectivity index (χ1n) is 7.53. The molecule has 0 saturated carbocycles. The zero-order valence-corrected chi connectivity index (χ0v) is 14.8. The molecule has 0 fully saturated rings. The summed E-state index contributed by atoms with van der Waals surface area (Å²) in [5.74, 6) is 0.871. The lowest BCUT2D eigenvalue weighted by atomic mass is 10.1. The van der Waals surface area contributed by atoms with Crippen molar-refractivity contribution in [1.82, 2.24) is 4.90 Å². The molecule has 0 aliphatic rings. The summed E-state index contributed by atoms with van der Waals surface area (Å²) in [5, 5.41) is 0. The molecule has 0 aliphatic heterocycles. The molecule has 3 nitrogen and oxygen atoms in total. The lowest BCUT2D eigenvalue weighted by molar-refractivity contribution is -0.123. The van der Waals surface area contributed by atoms with Gasteiger partial charge in [-0.2, -0.15) is 0 Å². The van der Waals surface area contributed by atoms with Crippen molar-refractivity contribution in [2.45, 2.75) is 61.3 Å². The second-order valence-electron chi connectivity index (χ2n) is 4.05. The van der Waals surface area contributed by atoms with Gasteiger partial charge >= 0.3 is 0 Å². The van der Waals surface area contributed by atoms with Crippen LogP contribution in [0.15, 0.2) is 12.2 Å². The molecule has 0 bridgehead atoms. The third-order valence-electron chi connectivity index (χ3n) is 1.70. The van der Waals surface area contributed by atoms with Crippen LogP contribution >= 0.6 is 0 Å². The molecule has 0 unspecified atom stereocenters. The number of amides is 1. The van der Waals surface area contributed by atoms with Crippen molar-refractivity contribution < 1.29 is 4.79 Å². The summed E-state index contributed by atoms with van der Waals surface area (Å²) in [4.78, 5) is 12.2. The molecule has 0 aliphatic carbocycles. The van der Waals surface area contributed by atoms with Gasteiger partial charge in [0, 0.05) is 26.7 Å². The summed E-state index contributed by atoms with van der Waals surface area (Å²) in [6, 6.07) is 0. The molecule has 0 aromatic heterocycles. The van der Waals surface area contributed by atoms with E-state index in [2.05, 4.69) is 20.8 Å².